The molecule has 0 atom stereocenters. The number of nitrogens with zero attached hydrogens (tertiary/aromatic N) is 4. The zero-order valence-electron chi connectivity index (χ0n) is 9.69. The van der Waals surface area contributed by atoms with Crippen LogP contribution in [-0.4, -0.2) is 35.2 Å². The normalized spacial score (nSPS) is 14.4. The Hall–Kier alpha value is -0.601. The topological polar surface area (TPSA) is 87.5 Å². The van der Waals surface area contributed by atoms with Crippen molar-refractivity contribution in [1.29, 1.82) is 0 Å². The van der Waals surface area contributed by atoms with Gasteiger partial charge in [-0.15, -0.1) is 0 Å². The first-order valence-electron chi connectivity index (χ1n) is 4.46. The van der Waals surface area contributed by atoms with E-state index in [1.165, 1.54) is 0 Å². The molecule has 17 heavy (non-hydrogen) atoms. The molecule has 0 saturated heterocycles. The zero-order valence-corrected chi connectivity index (χ0v) is 12.3. The second kappa shape index (κ2) is 10.5. The fourth-order valence-corrected chi connectivity index (χ4v) is 0.568. The number of amidine groups is 1. The molecule has 9 heteroatoms. The number of nitrogens with two attached hydrogens (primary N) is 1. The molecule has 99 valence electrons. The first kappa shape index (κ1) is 18.8. The van der Waals surface area contributed by atoms with Crippen LogP contribution in [0.4, 0.5) is 0 Å². The molecule has 1 radical (unpaired) electrons. The van der Waals surface area contributed by atoms with Gasteiger partial charge >= 0.3 is 17.1 Å². The molecule has 0 fully saturated rings. The van der Waals surface area contributed by atoms with E-state index in [1.54, 1.807) is 20.9 Å². The molecule has 0 heterocycles. The van der Waals surface area contributed by atoms with Crippen molar-refractivity contribution in [2.75, 3.05) is 13.6 Å². The molecule has 0 bridgehead atoms. The molecule has 0 saturated carbocycles. The first-order valence-corrected chi connectivity index (χ1v) is 5.28. The SMILES string of the molecule is CN/C([S-])=N/N=C(C)/C(C)=N/N=C(\[S-])CN.[Cu+2]. The molecule has 0 spiro atoms. The predicted octanol–water partition coefficient (Wildman–Crippen LogP) is -0.238. The molecule has 0 amide bonds. The van der Waals surface area contributed by atoms with Crippen LogP contribution in [0, 0.1) is 0 Å². The van der Waals surface area contributed by atoms with E-state index in [9.17, 15) is 0 Å². The van der Waals surface area contributed by atoms with Crippen LogP contribution in [-0.2, 0) is 42.3 Å². The molecule has 0 rings (SSSR count). The van der Waals surface area contributed by atoms with Crippen molar-refractivity contribution in [3.05, 3.63) is 0 Å². The standard InChI is InChI=1S/C8H16N6S2.Cu/c1-5(11-13-7(15)4-9)6(2)12-14-8(16)10-3;/h4,9H2,1-3H3,(H,13,15)(H2,10,14,16);/q;+2/p-2/b11-5+,12-6+;. The third-order valence-corrected chi connectivity index (χ3v) is 2.05. The second-order valence-electron chi connectivity index (χ2n) is 2.72. The number of nitrogens with one attached hydrogen (secondary N) is 1. The molecule has 0 aromatic carbocycles. The third-order valence-electron chi connectivity index (χ3n) is 1.51. The van der Waals surface area contributed by atoms with Crippen LogP contribution in [0.2, 0.25) is 0 Å². The van der Waals surface area contributed by atoms with Crippen LogP contribution in [0.5, 0.6) is 0 Å². The Morgan fingerprint density at radius 2 is 1.53 bits per heavy atom. The Balaban J connectivity index is 0. The number of hydrogen-bond donors (Lipinski definition) is 2. The molecule has 0 aromatic rings. The average Bonchev–Trinajstić information content (AvgIpc) is 2.31. The summed E-state index contributed by atoms with van der Waals surface area (Å²) in [6.45, 7) is 3.71. The summed E-state index contributed by atoms with van der Waals surface area (Å²) in [7, 11) is 1.67. The van der Waals surface area contributed by atoms with E-state index < -0.39 is 0 Å². The van der Waals surface area contributed by atoms with Gasteiger partial charge in [-0.1, -0.05) is 5.04 Å². The maximum Gasteiger partial charge on any atom is 2.00 e. The molecule has 0 aromatic heterocycles. The first-order chi connectivity index (χ1) is 7.51. The van der Waals surface area contributed by atoms with Gasteiger partial charge in [0.1, 0.15) is 0 Å². The van der Waals surface area contributed by atoms with Gasteiger partial charge in [-0.25, -0.2) is 0 Å². The van der Waals surface area contributed by atoms with E-state index in [1.807, 2.05) is 0 Å². The van der Waals surface area contributed by atoms with E-state index >= 15 is 0 Å². The number of rotatable bonds is 4. The summed E-state index contributed by atoms with van der Waals surface area (Å²) in [4.78, 5) is 0. The van der Waals surface area contributed by atoms with Crippen LogP contribution < -0.4 is 11.1 Å². The van der Waals surface area contributed by atoms with Gasteiger partial charge in [-0.2, -0.15) is 20.4 Å². The fraction of sp³-hybridized carbons (Fsp3) is 0.500. The van der Waals surface area contributed by atoms with Gasteiger partial charge in [-0.05, 0) is 19.0 Å². The van der Waals surface area contributed by atoms with Crippen molar-refractivity contribution in [2.45, 2.75) is 13.8 Å². The summed E-state index contributed by atoms with van der Waals surface area (Å²) >= 11 is 9.59. The average molecular weight is 322 g/mol. The monoisotopic (exact) mass is 321 g/mol. The summed E-state index contributed by atoms with van der Waals surface area (Å²) in [6.07, 6.45) is 0. The van der Waals surface area contributed by atoms with E-state index in [0.717, 1.165) is 0 Å². The minimum absolute atomic E-state index is 0. The Bertz CT molecular complexity index is 316. The van der Waals surface area contributed by atoms with Crippen molar-refractivity contribution >= 4 is 46.9 Å². The Morgan fingerprint density at radius 1 is 1.06 bits per heavy atom. The van der Waals surface area contributed by atoms with E-state index in [-0.39, 0.29) is 23.6 Å². The molecule has 0 aliphatic heterocycles. The molecule has 6 nitrogen and oxygen atoms in total. The quantitative estimate of drug-likeness (QED) is 0.246. The van der Waals surface area contributed by atoms with Gasteiger partial charge in [0, 0.05) is 13.6 Å². The van der Waals surface area contributed by atoms with Crippen molar-refractivity contribution in [3.8, 4) is 0 Å². The van der Waals surface area contributed by atoms with Crippen LogP contribution in [0.3, 0.4) is 0 Å². The van der Waals surface area contributed by atoms with Crippen LogP contribution in [0.15, 0.2) is 20.4 Å². The predicted molar refractivity (Wildman–Crippen MR) is 73.9 cm³/mol. The van der Waals surface area contributed by atoms with Crippen molar-refractivity contribution in [2.24, 2.45) is 26.1 Å². The minimum atomic E-state index is 0. The van der Waals surface area contributed by atoms with Crippen molar-refractivity contribution in [1.82, 2.24) is 5.32 Å². The summed E-state index contributed by atoms with van der Waals surface area (Å²) < 4.78 is 0. The molecule has 0 unspecified atom stereocenters. The van der Waals surface area contributed by atoms with Gasteiger partial charge in [0.05, 0.1) is 11.4 Å². The van der Waals surface area contributed by atoms with Gasteiger partial charge < -0.3 is 36.3 Å². The van der Waals surface area contributed by atoms with Crippen molar-refractivity contribution in [3.63, 3.8) is 0 Å². The Labute approximate surface area is 123 Å². The Morgan fingerprint density at radius 3 is 1.94 bits per heavy atom. The molecule has 0 aliphatic carbocycles. The summed E-state index contributed by atoms with van der Waals surface area (Å²) in [5, 5.41) is 18.5. The Kier molecular flexibility index (Phi) is 11.6. The van der Waals surface area contributed by atoms with Gasteiger partial charge in [0.2, 0.25) is 0 Å². The van der Waals surface area contributed by atoms with Crippen LogP contribution in [0.25, 0.3) is 0 Å². The van der Waals surface area contributed by atoms with Crippen LogP contribution >= 0.6 is 0 Å². The molecule has 3 N–H and O–H groups in total. The summed E-state index contributed by atoms with van der Waals surface area (Å²) in [6, 6.07) is 0. The summed E-state index contributed by atoms with van der Waals surface area (Å²) in [5.41, 5.74) is 6.49. The third kappa shape index (κ3) is 9.13. The van der Waals surface area contributed by atoms with Gasteiger partial charge in [-0.3, -0.25) is 0 Å². The zero-order chi connectivity index (χ0) is 12.6. The van der Waals surface area contributed by atoms with E-state index in [0.29, 0.717) is 21.6 Å². The maximum absolute atomic E-state index is 5.27. The molecular formula is C8H14CuN6S2. The smallest absolute Gasteiger partial charge is 0.761 e. The van der Waals surface area contributed by atoms with Crippen LogP contribution in [0.1, 0.15) is 13.8 Å². The largest absolute Gasteiger partial charge is 2.00 e. The molecule has 0 aliphatic rings. The minimum Gasteiger partial charge on any atom is -0.761 e. The fourth-order valence-electron chi connectivity index (χ4n) is 0.487. The van der Waals surface area contributed by atoms with Gasteiger partial charge in [0.15, 0.2) is 0 Å². The molecular weight excluding hydrogens is 308 g/mol. The summed E-state index contributed by atoms with van der Waals surface area (Å²) in [5.74, 6) is 0. The second-order valence-corrected chi connectivity index (χ2v) is 3.58. The van der Waals surface area contributed by atoms with E-state index in [4.69, 9.17) is 31.0 Å². The van der Waals surface area contributed by atoms with Crippen molar-refractivity contribution < 1.29 is 17.1 Å². The maximum atomic E-state index is 5.27. The number of hydrogen-bond acceptors (Lipinski definition) is 7. The van der Waals surface area contributed by atoms with Gasteiger partial charge in [0.25, 0.3) is 0 Å². The van der Waals surface area contributed by atoms with E-state index in [2.05, 4.69) is 25.7 Å².